The van der Waals surface area contributed by atoms with Crippen molar-refractivity contribution in [3.8, 4) is 11.6 Å². The van der Waals surface area contributed by atoms with Crippen LogP contribution in [0.5, 0.6) is 11.6 Å². The zero-order chi connectivity index (χ0) is 13.0. The summed E-state index contributed by atoms with van der Waals surface area (Å²) in [5.41, 5.74) is 5.94. The van der Waals surface area contributed by atoms with Crippen LogP contribution in [-0.2, 0) is 6.54 Å². The molecular formula is C12H15N5O. The van der Waals surface area contributed by atoms with Gasteiger partial charge in [-0.25, -0.2) is 4.98 Å². The summed E-state index contributed by atoms with van der Waals surface area (Å²) < 4.78 is 7.38. The third kappa shape index (κ3) is 2.65. The minimum absolute atomic E-state index is 0.0703. The molecule has 0 atom stereocenters. The number of nitrogens with two attached hydrogens (primary N) is 1. The molecule has 0 saturated carbocycles. The number of rotatable bonds is 5. The van der Waals surface area contributed by atoms with E-state index < -0.39 is 0 Å². The summed E-state index contributed by atoms with van der Waals surface area (Å²) in [5, 5.41) is 11.6. The van der Waals surface area contributed by atoms with E-state index in [1.807, 2.05) is 0 Å². The Bertz CT molecular complexity index is 549. The van der Waals surface area contributed by atoms with E-state index >= 15 is 0 Å². The lowest BCUT2D eigenvalue weighted by Gasteiger charge is -2.06. The van der Waals surface area contributed by atoms with Gasteiger partial charge in [0.1, 0.15) is 5.84 Å². The molecule has 0 fully saturated rings. The average Bonchev–Trinajstić information content (AvgIpc) is 2.77. The molecule has 0 aliphatic heterocycles. The smallest absolute Gasteiger partial charge is 0.230 e. The number of hydrogen-bond acceptors (Lipinski definition) is 4. The van der Waals surface area contributed by atoms with E-state index in [1.165, 1.54) is 0 Å². The molecule has 2 aromatic rings. The lowest BCUT2D eigenvalue weighted by atomic mass is 10.2. The Morgan fingerprint density at radius 2 is 2.39 bits per heavy atom. The van der Waals surface area contributed by atoms with Gasteiger partial charge in [0.2, 0.25) is 5.88 Å². The monoisotopic (exact) mass is 245 g/mol. The molecule has 2 aromatic heterocycles. The van der Waals surface area contributed by atoms with Gasteiger partial charge in [-0.3, -0.25) is 10.1 Å². The topological polar surface area (TPSA) is 89.8 Å². The summed E-state index contributed by atoms with van der Waals surface area (Å²) in [4.78, 5) is 4.07. The van der Waals surface area contributed by atoms with Crippen molar-refractivity contribution in [3.63, 3.8) is 0 Å². The highest BCUT2D eigenvalue weighted by molar-refractivity contribution is 5.97. The zero-order valence-electron chi connectivity index (χ0n) is 10.1. The van der Waals surface area contributed by atoms with Crippen molar-refractivity contribution in [1.82, 2.24) is 14.8 Å². The van der Waals surface area contributed by atoms with Crippen molar-refractivity contribution >= 4 is 5.84 Å². The molecule has 94 valence electrons. The Labute approximate surface area is 105 Å². The van der Waals surface area contributed by atoms with Gasteiger partial charge >= 0.3 is 0 Å². The quantitative estimate of drug-likeness (QED) is 0.620. The molecule has 0 aliphatic carbocycles. The van der Waals surface area contributed by atoms with E-state index in [0.29, 0.717) is 17.2 Å². The molecule has 0 amide bonds. The number of nitrogens with zero attached hydrogens (tertiary/aromatic N) is 3. The Morgan fingerprint density at radius 3 is 3.11 bits per heavy atom. The van der Waals surface area contributed by atoms with E-state index in [4.69, 9.17) is 15.9 Å². The van der Waals surface area contributed by atoms with Gasteiger partial charge in [-0.2, -0.15) is 5.10 Å². The number of aryl methyl sites for hydroxylation is 1. The first kappa shape index (κ1) is 12.1. The van der Waals surface area contributed by atoms with Crippen LogP contribution in [0.2, 0.25) is 0 Å². The maximum absolute atomic E-state index is 7.45. The fourth-order valence-electron chi connectivity index (χ4n) is 1.54. The van der Waals surface area contributed by atoms with Crippen molar-refractivity contribution in [2.45, 2.75) is 19.9 Å². The molecule has 2 heterocycles. The van der Waals surface area contributed by atoms with E-state index in [-0.39, 0.29) is 5.84 Å². The van der Waals surface area contributed by atoms with Crippen LogP contribution in [0.4, 0.5) is 0 Å². The van der Waals surface area contributed by atoms with Gasteiger partial charge < -0.3 is 10.5 Å². The average molecular weight is 245 g/mol. The van der Waals surface area contributed by atoms with Gasteiger partial charge in [-0.05, 0) is 18.6 Å². The van der Waals surface area contributed by atoms with Gasteiger partial charge in [-0.1, -0.05) is 6.92 Å². The van der Waals surface area contributed by atoms with Crippen molar-refractivity contribution in [3.05, 3.63) is 36.3 Å². The molecule has 0 radical (unpaired) electrons. The predicted octanol–water partition coefficient (Wildman–Crippen LogP) is 1.76. The van der Waals surface area contributed by atoms with E-state index in [1.54, 1.807) is 35.4 Å². The van der Waals surface area contributed by atoms with E-state index in [9.17, 15) is 0 Å². The van der Waals surface area contributed by atoms with Crippen LogP contribution < -0.4 is 10.5 Å². The molecule has 2 rings (SSSR count). The van der Waals surface area contributed by atoms with Gasteiger partial charge in [0.25, 0.3) is 0 Å². The van der Waals surface area contributed by atoms with E-state index in [0.717, 1.165) is 13.0 Å². The SMILES string of the molecule is CCCn1cc(Oc2ncccc2C(=N)N)cn1. The Hall–Kier alpha value is -2.37. The highest BCUT2D eigenvalue weighted by Gasteiger charge is 2.09. The lowest BCUT2D eigenvalue weighted by Crippen LogP contribution is -2.12. The molecular weight excluding hydrogens is 230 g/mol. The Balaban J connectivity index is 2.20. The normalized spacial score (nSPS) is 10.3. The molecule has 0 spiro atoms. The first-order valence-corrected chi connectivity index (χ1v) is 5.70. The number of amidine groups is 1. The van der Waals surface area contributed by atoms with Crippen LogP contribution in [0.3, 0.4) is 0 Å². The largest absolute Gasteiger partial charge is 0.435 e. The molecule has 0 unspecified atom stereocenters. The second-order valence-corrected chi connectivity index (χ2v) is 3.81. The molecule has 0 aliphatic rings. The zero-order valence-corrected chi connectivity index (χ0v) is 10.1. The van der Waals surface area contributed by atoms with Gasteiger partial charge in [0, 0.05) is 12.7 Å². The highest BCUT2D eigenvalue weighted by atomic mass is 16.5. The van der Waals surface area contributed by atoms with Gasteiger partial charge in [-0.15, -0.1) is 0 Å². The maximum Gasteiger partial charge on any atom is 0.230 e. The van der Waals surface area contributed by atoms with Crippen molar-refractivity contribution < 1.29 is 4.74 Å². The van der Waals surface area contributed by atoms with Crippen molar-refractivity contribution in [2.75, 3.05) is 0 Å². The fourth-order valence-corrected chi connectivity index (χ4v) is 1.54. The molecule has 6 heteroatoms. The van der Waals surface area contributed by atoms with Gasteiger partial charge in [0.05, 0.1) is 18.0 Å². The lowest BCUT2D eigenvalue weighted by molar-refractivity contribution is 0.460. The number of hydrogen-bond donors (Lipinski definition) is 2. The Kier molecular flexibility index (Phi) is 3.57. The molecule has 0 saturated heterocycles. The third-order valence-corrected chi connectivity index (χ3v) is 2.34. The number of aromatic nitrogens is 3. The van der Waals surface area contributed by atoms with Crippen molar-refractivity contribution in [2.24, 2.45) is 5.73 Å². The number of ether oxygens (including phenoxy) is 1. The summed E-state index contributed by atoms with van der Waals surface area (Å²) in [6, 6.07) is 3.41. The molecule has 0 bridgehead atoms. The first-order chi connectivity index (χ1) is 8.70. The first-order valence-electron chi connectivity index (χ1n) is 5.70. The van der Waals surface area contributed by atoms with E-state index in [2.05, 4.69) is 17.0 Å². The summed E-state index contributed by atoms with van der Waals surface area (Å²) in [6.07, 6.45) is 6.01. The fraction of sp³-hybridized carbons (Fsp3) is 0.250. The minimum Gasteiger partial charge on any atom is -0.435 e. The predicted molar refractivity (Wildman–Crippen MR) is 67.8 cm³/mol. The van der Waals surface area contributed by atoms with Crippen LogP contribution in [0.25, 0.3) is 0 Å². The third-order valence-electron chi connectivity index (χ3n) is 2.34. The molecule has 18 heavy (non-hydrogen) atoms. The summed E-state index contributed by atoms with van der Waals surface area (Å²) in [7, 11) is 0. The molecule has 6 nitrogen and oxygen atoms in total. The highest BCUT2D eigenvalue weighted by Crippen LogP contribution is 2.21. The van der Waals surface area contributed by atoms with Crippen molar-refractivity contribution in [1.29, 1.82) is 5.41 Å². The number of nitrogens with one attached hydrogen (secondary N) is 1. The number of nitrogen functional groups attached to an aromatic ring is 1. The second-order valence-electron chi connectivity index (χ2n) is 3.81. The minimum atomic E-state index is -0.0703. The van der Waals surface area contributed by atoms with Crippen LogP contribution >= 0.6 is 0 Å². The van der Waals surface area contributed by atoms with Crippen LogP contribution in [-0.4, -0.2) is 20.6 Å². The van der Waals surface area contributed by atoms with Gasteiger partial charge in [0.15, 0.2) is 5.75 Å². The molecule has 0 aromatic carbocycles. The molecule has 3 N–H and O–H groups in total. The summed E-state index contributed by atoms with van der Waals surface area (Å²) in [6.45, 7) is 2.92. The standard InChI is InChI=1S/C12H15N5O/c1-2-6-17-8-9(7-16-17)18-12-10(11(13)14)4-3-5-15-12/h3-5,7-8H,2,6H2,1H3,(H3,13,14). The second kappa shape index (κ2) is 5.31. The summed E-state index contributed by atoms with van der Waals surface area (Å²) >= 11 is 0. The van der Waals surface area contributed by atoms with Crippen LogP contribution in [0.15, 0.2) is 30.7 Å². The number of pyridine rings is 1. The van der Waals surface area contributed by atoms with Crippen LogP contribution in [0, 0.1) is 5.41 Å². The summed E-state index contributed by atoms with van der Waals surface area (Å²) in [5.74, 6) is 0.838. The van der Waals surface area contributed by atoms with Crippen LogP contribution in [0.1, 0.15) is 18.9 Å². The maximum atomic E-state index is 7.45. The Morgan fingerprint density at radius 1 is 1.56 bits per heavy atom.